The molecule has 0 spiro atoms. The number of aliphatic hydroxyl groups excluding tert-OH is 1. The first-order valence-electron chi connectivity index (χ1n) is 5.43. The van der Waals surface area contributed by atoms with Gasteiger partial charge in [0, 0.05) is 24.8 Å². The zero-order chi connectivity index (χ0) is 12.0. The minimum absolute atomic E-state index is 0.174. The van der Waals surface area contributed by atoms with E-state index in [0.29, 0.717) is 13.0 Å². The summed E-state index contributed by atoms with van der Waals surface area (Å²) >= 11 is 3.39. The molecule has 0 aliphatic rings. The van der Waals surface area contributed by atoms with E-state index in [1.807, 2.05) is 13.8 Å². The maximum Gasteiger partial charge on any atom is 0.125 e. The van der Waals surface area contributed by atoms with Crippen LogP contribution in [0.1, 0.15) is 23.1 Å². The molecule has 0 aliphatic carbocycles. The van der Waals surface area contributed by atoms with Crippen molar-refractivity contribution in [1.82, 2.24) is 0 Å². The van der Waals surface area contributed by atoms with E-state index in [2.05, 4.69) is 34.5 Å². The van der Waals surface area contributed by atoms with Crippen molar-refractivity contribution in [2.45, 2.75) is 20.3 Å². The van der Waals surface area contributed by atoms with Gasteiger partial charge in [0.15, 0.2) is 0 Å². The van der Waals surface area contributed by atoms with Gasteiger partial charge < -0.3 is 9.84 Å². The van der Waals surface area contributed by atoms with Crippen LogP contribution in [-0.2, 0) is 0 Å². The molecule has 1 N–H and O–H groups in total. The number of hydrogen-bond acceptors (Lipinski definition) is 2. The number of halogens is 1. The van der Waals surface area contributed by atoms with Crippen LogP contribution in [0.2, 0.25) is 0 Å². The Bertz CT molecular complexity index is 314. The number of aliphatic hydroxyl groups is 1. The van der Waals surface area contributed by atoms with E-state index in [1.54, 1.807) is 0 Å². The molecule has 0 saturated carbocycles. The molecule has 1 aromatic rings. The molecule has 3 heteroatoms. The van der Waals surface area contributed by atoms with Gasteiger partial charge in [0.25, 0.3) is 0 Å². The van der Waals surface area contributed by atoms with Crippen molar-refractivity contribution < 1.29 is 9.84 Å². The summed E-state index contributed by atoms with van der Waals surface area (Å²) in [5.41, 5.74) is 3.50. The molecule has 0 atom stereocenters. The van der Waals surface area contributed by atoms with E-state index >= 15 is 0 Å². The van der Waals surface area contributed by atoms with Crippen LogP contribution in [0.4, 0.5) is 0 Å². The van der Waals surface area contributed by atoms with E-state index in [-0.39, 0.29) is 6.61 Å². The van der Waals surface area contributed by atoms with Crippen LogP contribution in [0.15, 0.2) is 12.1 Å². The predicted molar refractivity (Wildman–Crippen MR) is 70.3 cm³/mol. The minimum atomic E-state index is 0.174. The highest BCUT2D eigenvalue weighted by Crippen LogP contribution is 2.25. The van der Waals surface area contributed by atoms with Crippen molar-refractivity contribution in [3.8, 4) is 5.75 Å². The number of rotatable bonds is 6. The zero-order valence-corrected chi connectivity index (χ0v) is 11.4. The van der Waals surface area contributed by atoms with Gasteiger partial charge in [-0.15, -0.1) is 0 Å². The van der Waals surface area contributed by atoms with Gasteiger partial charge in [-0.25, -0.2) is 0 Å². The third-order valence-corrected chi connectivity index (χ3v) is 2.67. The molecular formula is C13H18BrO2. The number of hydrogen-bond donors (Lipinski definition) is 1. The fourth-order valence-electron chi connectivity index (χ4n) is 1.66. The Morgan fingerprint density at radius 2 is 1.94 bits per heavy atom. The topological polar surface area (TPSA) is 29.5 Å². The van der Waals surface area contributed by atoms with Gasteiger partial charge >= 0.3 is 0 Å². The summed E-state index contributed by atoms with van der Waals surface area (Å²) in [6.45, 7) is 4.84. The smallest absolute Gasteiger partial charge is 0.125 e. The second-order valence-electron chi connectivity index (χ2n) is 3.77. The van der Waals surface area contributed by atoms with E-state index in [1.165, 1.54) is 5.56 Å². The average Bonchev–Trinajstić information content (AvgIpc) is 2.23. The number of aryl methyl sites for hydroxylation is 2. The monoisotopic (exact) mass is 285 g/mol. The Morgan fingerprint density at radius 3 is 2.44 bits per heavy atom. The van der Waals surface area contributed by atoms with Gasteiger partial charge in [-0.1, -0.05) is 28.1 Å². The van der Waals surface area contributed by atoms with E-state index in [0.717, 1.165) is 22.2 Å². The lowest BCUT2D eigenvalue weighted by Crippen LogP contribution is -2.03. The molecule has 0 fully saturated rings. The molecule has 16 heavy (non-hydrogen) atoms. The molecule has 89 valence electrons. The van der Waals surface area contributed by atoms with Crippen LogP contribution in [0.5, 0.6) is 5.75 Å². The molecule has 0 aliphatic heterocycles. The quantitative estimate of drug-likeness (QED) is 0.643. The van der Waals surface area contributed by atoms with Crippen LogP contribution in [0.3, 0.4) is 0 Å². The molecular weight excluding hydrogens is 268 g/mol. The molecule has 0 saturated heterocycles. The number of alkyl halides is 1. The molecule has 0 aromatic heterocycles. The van der Waals surface area contributed by atoms with Crippen molar-refractivity contribution in [1.29, 1.82) is 0 Å². The summed E-state index contributed by atoms with van der Waals surface area (Å²) in [5.74, 6) is 0.945. The first-order chi connectivity index (χ1) is 7.69. The lowest BCUT2D eigenvalue weighted by molar-refractivity contribution is 0.232. The number of benzene rings is 1. The van der Waals surface area contributed by atoms with Gasteiger partial charge in [0.1, 0.15) is 5.75 Å². The van der Waals surface area contributed by atoms with Gasteiger partial charge in [-0.05, 0) is 30.5 Å². The normalized spacial score (nSPS) is 10.5. The molecule has 0 amide bonds. The first-order valence-corrected chi connectivity index (χ1v) is 6.55. The SMILES string of the molecule is Cc1cc([CH]CBr)cc(C)c1OCCCO. The van der Waals surface area contributed by atoms with Crippen molar-refractivity contribution in [2.75, 3.05) is 18.5 Å². The standard InChI is InChI=1S/C13H18BrO2/c1-10-8-12(4-5-14)9-11(2)13(10)16-7-3-6-15/h4,8-9,15H,3,5-7H2,1-2H3. The van der Waals surface area contributed by atoms with Crippen molar-refractivity contribution >= 4 is 15.9 Å². The van der Waals surface area contributed by atoms with Crippen LogP contribution >= 0.6 is 15.9 Å². The Hall–Kier alpha value is -0.540. The summed E-state index contributed by atoms with van der Waals surface area (Å²) in [4.78, 5) is 0. The highest BCUT2D eigenvalue weighted by atomic mass is 79.9. The molecule has 0 bridgehead atoms. The Labute approximate surface area is 106 Å². The van der Waals surface area contributed by atoms with Gasteiger partial charge in [-0.2, -0.15) is 0 Å². The molecule has 1 aromatic carbocycles. The lowest BCUT2D eigenvalue weighted by atomic mass is 10.0. The van der Waals surface area contributed by atoms with Crippen LogP contribution < -0.4 is 4.74 Å². The fourth-order valence-corrected chi connectivity index (χ4v) is 2.03. The summed E-state index contributed by atoms with van der Waals surface area (Å²) in [5, 5.41) is 9.56. The van der Waals surface area contributed by atoms with E-state index in [4.69, 9.17) is 9.84 Å². The highest BCUT2D eigenvalue weighted by Gasteiger charge is 2.06. The lowest BCUT2D eigenvalue weighted by Gasteiger charge is -2.13. The third kappa shape index (κ3) is 3.80. The molecule has 0 unspecified atom stereocenters. The van der Waals surface area contributed by atoms with E-state index in [9.17, 15) is 0 Å². The van der Waals surface area contributed by atoms with Gasteiger partial charge in [0.2, 0.25) is 0 Å². The first kappa shape index (κ1) is 13.5. The third-order valence-electron chi connectivity index (χ3n) is 2.34. The van der Waals surface area contributed by atoms with Gasteiger partial charge in [-0.3, -0.25) is 0 Å². The number of ether oxygens (including phenoxy) is 1. The minimum Gasteiger partial charge on any atom is -0.493 e. The summed E-state index contributed by atoms with van der Waals surface area (Å²) in [7, 11) is 0. The largest absolute Gasteiger partial charge is 0.493 e. The van der Waals surface area contributed by atoms with Gasteiger partial charge in [0.05, 0.1) is 6.61 Å². The molecule has 2 nitrogen and oxygen atoms in total. The van der Waals surface area contributed by atoms with Crippen LogP contribution in [0.25, 0.3) is 0 Å². The Morgan fingerprint density at radius 1 is 1.31 bits per heavy atom. The maximum atomic E-state index is 8.71. The maximum absolute atomic E-state index is 8.71. The van der Waals surface area contributed by atoms with Crippen LogP contribution in [-0.4, -0.2) is 23.7 Å². The predicted octanol–water partition coefficient (Wildman–Crippen LogP) is 3.01. The molecule has 0 heterocycles. The summed E-state index contributed by atoms with van der Waals surface area (Å²) < 4.78 is 5.66. The Balaban J connectivity index is 2.77. The summed E-state index contributed by atoms with van der Waals surface area (Å²) in [6, 6.07) is 4.23. The average molecular weight is 286 g/mol. The molecule has 1 radical (unpaired) electrons. The highest BCUT2D eigenvalue weighted by molar-refractivity contribution is 9.09. The zero-order valence-electron chi connectivity index (χ0n) is 9.79. The fraction of sp³-hybridized carbons (Fsp3) is 0.462. The van der Waals surface area contributed by atoms with Crippen molar-refractivity contribution in [3.05, 3.63) is 35.2 Å². The second-order valence-corrected chi connectivity index (χ2v) is 4.42. The van der Waals surface area contributed by atoms with E-state index < -0.39 is 0 Å². The van der Waals surface area contributed by atoms with Crippen molar-refractivity contribution in [3.63, 3.8) is 0 Å². The second kappa shape index (κ2) is 6.92. The van der Waals surface area contributed by atoms with Crippen LogP contribution in [0, 0.1) is 20.3 Å². The molecule has 1 rings (SSSR count). The Kier molecular flexibility index (Phi) is 5.85. The van der Waals surface area contributed by atoms with Crippen molar-refractivity contribution in [2.24, 2.45) is 0 Å². The summed E-state index contributed by atoms with van der Waals surface area (Å²) in [6.07, 6.45) is 2.80.